The van der Waals surface area contributed by atoms with Crippen LogP contribution in [0.4, 0.5) is 0 Å². The van der Waals surface area contributed by atoms with Gasteiger partial charge >= 0.3 is 5.97 Å². The molecule has 2 nitrogen and oxygen atoms in total. The topological polar surface area (TPSA) is 37.3 Å². The van der Waals surface area contributed by atoms with Crippen LogP contribution in [0.25, 0.3) is 0 Å². The number of aliphatic carboxylic acids is 1. The van der Waals surface area contributed by atoms with Gasteiger partial charge in [-0.3, -0.25) is 0 Å². The van der Waals surface area contributed by atoms with Gasteiger partial charge in [0, 0.05) is 11.1 Å². The first-order valence-corrected chi connectivity index (χ1v) is 4.20. The molecule has 68 valence electrons. The SMILES string of the molecule is O=C(O)/C=C/Cc1ccc(Cl)cc1. The van der Waals surface area contributed by atoms with Crippen molar-refractivity contribution in [2.75, 3.05) is 0 Å². The highest BCUT2D eigenvalue weighted by atomic mass is 35.5. The molecule has 1 N–H and O–H groups in total. The lowest BCUT2D eigenvalue weighted by atomic mass is 10.1. The van der Waals surface area contributed by atoms with Crippen molar-refractivity contribution in [3.63, 3.8) is 0 Å². The molecule has 0 saturated heterocycles. The molecule has 1 aromatic rings. The average molecular weight is 197 g/mol. The van der Waals surface area contributed by atoms with Gasteiger partial charge in [-0.25, -0.2) is 4.79 Å². The normalized spacial score (nSPS) is 10.5. The van der Waals surface area contributed by atoms with Gasteiger partial charge in [-0.2, -0.15) is 0 Å². The fraction of sp³-hybridized carbons (Fsp3) is 0.100. The minimum absolute atomic E-state index is 0.615. The Morgan fingerprint density at radius 2 is 2.00 bits per heavy atom. The molecule has 0 saturated carbocycles. The smallest absolute Gasteiger partial charge is 0.327 e. The number of halogens is 1. The Labute approximate surface area is 81.5 Å². The molecule has 0 atom stereocenters. The zero-order valence-electron chi connectivity index (χ0n) is 6.90. The van der Waals surface area contributed by atoms with E-state index in [1.807, 2.05) is 12.1 Å². The number of rotatable bonds is 3. The van der Waals surface area contributed by atoms with Crippen LogP contribution in [0.2, 0.25) is 5.02 Å². The minimum Gasteiger partial charge on any atom is -0.478 e. The van der Waals surface area contributed by atoms with Crippen LogP contribution in [0.3, 0.4) is 0 Å². The predicted molar refractivity (Wildman–Crippen MR) is 51.9 cm³/mol. The highest BCUT2D eigenvalue weighted by Crippen LogP contribution is 2.09. The first-order chi connectivity index (χ1) is 6.18. The predicted octanol–water partition coefficient (Wildman–Crippen LogP) is 2.52. The zero-order valence-corrected chi connectivity index (χ0v) is 7.66. The monoisotopic (exact) mass is 196 g/mol. The van der Waals surface area contributed by atoms with E-state index in [-0.39, 0.29) is 0 Å². The van der Waals surface area contributed by atoms with E-state index in [2.05, 4.69) is 0 Å². The van der Waals surface area contributed by atoms with E-state index in [0.717, 1.165) is 11.6 Å². The van der Waals surface area contributed by atoms with Crippen molar-refractivity contribution in [2.45, 2.75) is 6.42 Å². The van der Waals surface area contributed by atoms with Gasteiger partial charge < -0.3 is 5.11 Å². The lowest BCUT2D eigenvalue weighted by Gasteiger charge is -1.94. The third-order valence-corrected chi connectivity index (χ3v) is 1.78. The Balaban J connectivity index is 2.55. The summed E-state index contributed by atoms with van der Waals surface area (Å²) in [6.07, 6.45) is 3.35. The number of carboxylic acids is 1. The highest BCUT2D eigenvalue weighted by molar-refractivity contribution is 6.30. The van der Waals surface area contributed by atoms with Crippen molar-refractivity contribution in [3.05, 3.63) is 47.0 Å². The lowest BCUT2D eigenvalue weighted by molar-refractivity contribution is -0.131. The number of hydrogen-bond donors (Lipinski definition) is 1. The average Bonchev–Trinajstić information content (AvgIpc) is 2.08. The van der Waals surface area contributed by atoms with E-state index in [4.69, 9.17) is 16.7 Å². The highest BCUT2D eigenvalue weighted by Gasteiger charge is 1.90. The van der Waals surface area contributed by atoms with E-state index >= 15 is 0 Å². The van der Waals surface area contributed by atoms with Gasteiger partial charge in [-0.05, 0) is 24.1 Å². The maximum atomic E-state index is 10.1. The van der Waals surface area contributed by atoms with Crippen molar-refractivity contribution < 1.29 is 9.90 Å². The second kappa shape index (κ2) is 4.67. The lowest BCUT2D eigenvalue weighted by Crippen LogP contribution is -1.87. The fourth-order valence-electron chi connectivity index (χ4n) is 0.916. The molecule has 3 heteroatoms. The van der Waals surface area contributed by atoms with Gasteiger partial charge in [0.15, 0.2) is 0 Å². The van der Waals surface area contributed by atoms with E-state index < -0.39 is 5.97 Å². The van der Waals surface area contributed by atoms with Crippen molar-refractivity contribution in [3.8, 4) is 0 Å². The zero-order chi connectivity index (χ0) is 9.68. The van der Waals surface area contributed by atoms with Crippen LogP contribution in [0, 0.1) is 0 Å². The molecule has 0 bridgehead atoms. The molecule has 0 heterocycles. The molecule has 0 unspecified atom stereocenters. The standard InChI is InChI=1S/C10H9ClO2/c11-9-6-4-8(5-7-9)2-1-3-10(12)13/h1,3-7H,2H2,(H,12,13)/b3-1+. The Morgan fingerprint density at radius 1 is 1.38 bits per heavy atom. The van der Waals surface area contributed by atoms with Crippen LogP contribution in [0.15, 0.2) is 36.4 Å². The van der Waals surface area contributed by atoms with Crippen LogP contribution in [0.5, 0.6) is 0 Å². The molecule has 0 spiro atoms. The number of benzene rings is 1. The first-order valence-electron chi connectivity index (χ1n) is 3.82. The van der Waals surface area contributed by atoms with Crippen LogP contribution >= 0.6 is 11.6 Å². The number of carbonyl (C=O) groups is 1. The minimum atomic E-state index is -0.922. The van der Waals surface area contributed by atoms with Crippen LogP contribution < -0.4 is 0 Å². The number of hydrogen-bond acceptors (Lipinski definition) is 1. The summed E-state index contributed by atoms with van der Waals surface area (Å²) in [5.74, 6) is -0.922. The Morgan fingerprint density at radius 3 is 2.54 bits per heavy atom. The molecule has 0 aliphatic carbocycles. The van der Waals surface area contributed by atoms with Crippen LogP contribution in [-0.4, -0.2) is 11.1 Å². The second-order valence-corrected chi connectivity index (χ2v) is 3.01. The summed E-state index contributed by atoms with van der Waals surface area (Å²) in [7, 11) is 0. The molecule has 13 heavy (non-hydrogen) atoms. The Kier molecular flexibility index (Phi) is 3.53. The molecular formula is C10H9ClO2. The Bertz CT molecular complexity index is 314. The number of carboxylic acid groups (broad SMARTS) is 1. The molecule has 0 amide bonds. The molecule has 0 fully saturated rings. The Hall–Kier alpha value is -1.28. The second-order valence-electron chi connectivity index (χ2n) is 2.57. The largest absolute Gasteiger partial charge is 0.478 e. The van der Waals surface area contributed by atoms with E-state index in [1.54, 1.807) is 18.2 Å². The van der Waals surface area contributed by atoms with Gasteiger partial charge in [0.05, 0.1) is 0 Å². The molecule has 0 aromatic heterocycles. The summed E-state index contributed by atoms with van der Waals surface area (Å²) in [6.45, 7) is 0. The molecular weight excluding hydrogens is 188 g/mol. The van der Waals surface area contributed by atoms with Gasteiger partial charge in [-0.15, -0.1) is 0 Å². The summed E-state index contributed by atoms with van der Waals surface area (Å²) >= 11 is 5.68. The van der Waals surface area contributed by atoms with Gasteiger partial charge in [0.1, 0.15) is 0 Å². The summed E-state index contributed by atoms with van der Waals surface area (Å²) in [6, 6.07) is 7.31. The summed E-state index contributed by atoms with van der Waals surface area (Å²) < 4.78 is 0. The quantitative estimate of drug-likeness (QED) is 0.755. The molecule has 0 aliphatic heterocycles. The molecule has 1 aromatic carbocycles. The summed E-state index contributed by atoms with van der Waals surface area (Å²) in [5.41, 5.74) is 1.04. The molecule has 0 aliphatic rings. The van der Waals surface area contributed by atoms with Gasteiger partial charge in [-0.1, -0.05) is 29.8 Å². The van der Waals surface area contributed by atoms with Crippen LogP contribution in [-0.2, 0) is 11.2 Å². The van der Waals surface area contributed by atoms with Crippen molar-refractivity contribution >= 4 is 17.6 Å². The summed E-state index contributed by atoms with van der Waals surface area (Å²) in [5, 5.41) is 9.01. The third-order valence-electron chi connectivity index (χ3n) is 1.53. The van der Waals surface area contributed by atoms with Crippen molar-refractivity contribution in [1.29, 1.82) is 0 Å². The van der Waals surface area contributed by atoms with Crippen molar-refractivity contribution in [1.82, 2.24) is 0 Å². The van der Waals surface area contributed by atoms with Gasteiger partial charge in [0.2, 0.25) is 0 Å². The van der Waals surface area contributed by atoms with Crippen LogP contribution in [0.1, 0.15) is 5.56 Å². The van der Waals surface area contributed by atoms with E-state index in [9.17, 15) is 4.79 Å². The van der Waals surface area contributed by atoms with Crippen molar-refractivity contribution in [2.24, 2.45) is 0 Å². The van der Waals surface area contributed by atoms with Gasteiger partial charge in [0.25, 0.3) is 0 Å². The third kappa shape index (κ3) is 3.76. The van der Waals surface area contributed by atoms with E-state index in [0.29, 0.717) is 11.4 Å². The fourth-order valence-corrected chi connectivity index (χ4v) is 1.04. The maximum absolute atomic E-state index is 10.1. The maximum Gasteiger partial charge on any atom is 0.327 e. The number of allylic oxidation sites excluding steroid dienone is 1. The summed E-state index contributed by atoms with van der Waals surface area (Å²) in [4.78, 5) is 10.1. The molecule has 1 rings (SSSR count). The van der Waals surface area contributed by atoms with E-state index in [1.165, 1.54) is 0 Å². The first kappa shape index (κ1) is 9.81. The molecule has 0 radical (unpaired) electrons.